The van der Waals surface area contributed by atoms with Crippen LogP contribution in [0.4, 0.5) is 0 Å². The molecular formula is C10H23BrINOSSn. The van der Waals surface area contributed by atoms with Gasteiger partial charge in [0.15, 0.2) is 0 Å². The Balaban J connectivity index is 0. The van der Waals surface area contributed by atoms with Gasteiger partial charge in [-0.15, -0.1) is 17.0 Å². The molecule has 0 fully saturated rings. The van der Waals surface area contributed by atoms with Crippen molar-refractivity contribution in [2.45, 2.75) is 61.9 Å². The summed E-state index contributed by atoms with van der Waals surface area (Å²) in [5.74, 6) is 0. The van der Waals surface area contributed by atoms with Crippen LogP contribution in [0, 0.1) is 0 Å². The normalized spacial score (nSPS) is 14.2. The second-order valence-corrected chi connectivity index (χ2v) is 8.95. The fraction of sp³-hybridized carbons (Fsp3) is 1.00. The molecule has 0 spiro atoms. The van der Waals surface area contributed by atoms with E-state index in [0.29, 0.717) is 11.5 Å². The van der Waals surface area contributed by atoms with E-state index in [4.69, 9.17) is 8.81 Å². The van der Waals surface area contributed by atoms with Crippen molar-refractivity contribution in [2.75, 3.05) is 0 Å². The average molecular weight is 531 g/mol. The minimum atomic E-state index is -0.543. The predicted octanol–water partition coefficient (Wildman–Crippen LogP) is 4.35. The van der Waals surface area contributed by atoms with E-state index in [-0.39, 0.29) is 17.0 Å². The second kappa shape index (κ2) is 15.3. The molecule has 0 aliphatic heterocycles. The van der Waals surface area contributed by atoms with Crippen LogP contribution in [0.25, 0.3) is 0 Å². The van der Waals surface area contributed by atoms with Crippen LogP contribution in [0.3, 0.4) is 0 Å². The fourth-order valence-electron chi connectivity index (χ4n) is 1.17. The number of rotatable bonds is 10. The molecule has 98 valence electrons. The van der Waals surface area contributed by atoms with Crippen molar-refractivity contribution in [3.63, 3.8) is 0 Å². The van der Waals surface area contributed by atoms with Gasteiger partial charge in [-0.25, -0.2) is 0 Å². The third kappa shape index (κ3) is 14.3. The average Bonchev–Trinajstić information content (AvgIpc) is 2.21. The number of hydrogen-bond acceptors (Lipinski definition) is 3. The Morgan fingerprint density at radius 1 is 1.38 bits per heavy atom. The van der Waals surface area contributed by atoms with E-state index in [0.717, 1.165) is 0 Å². The van der Waals surface area contributed by atoms with Crippen molar-refractivity contribution in [3.8, 4) is 0 Å². The molecule has 2 unspecified atom stereocenters. The third-order valence-electron chi connectivity index (χ3n) is 2.03. The van der Waals surface area contributed by atoms with Crippen molar-refractivity contribution >= 4 is 68.7 Å². The zero-order valence-electron chi connectivity index (χ0n) is 10.1. The molecular weight excluding hydrogens is 508 g/mol. The molecule has 0 rings (SSSR count). The Bertz CT molecular complexity index is 146. The molecule has 2 atom stereocenters. The molecule has 0 saturated heterocycles. The van der Waals surface area contributed by atoms with Crippen LogP contribution in [-0.4, -0.2) is 33.0 Å². The van der Waals surface area contributed by atoms with Crippen LogP contribution in [-0.2, 0) is 3.07 Å². The summed E-state index contributed by atoms with van der Waals surface area (Å²) in [4.78, 5) is 0. The molecule has 0 aliphatic carbocycles. The van der Waals surface area contributed by atoms with Crippen LogP contribution in [0.5, 0.6) is 0 Å². The third-order valence-corrected chi connectivity index (χ3v) is 7.63. The Hall–Kier alpha value is 2.28. The summed E-state index contributed by atoms with van der Waals surface area (Å²) in [6, 6.07) is 0.369. The maximum absolute atomic E-state index is 5.93. The fourth-order valence-corrected chi connectivity index (χ4v) is 7.48. The van der Waals surface area contributed by atoms with E-state index in [2.05, 4.69) is 35.1 Å². The molecule has 0 amide bonds. The first-order valence-electron chi connectivity index (χ1n) is 5.62. The standard InChI is InChI=1S/C6H14N.C4H8IOS.BrH.Sn/c1-3-4-5-6(2)7;1-2-3-4(6)7-5;;/h6H,1,3-5,7H2,2H3;4H,2-3H2,1H3;1H;/q;-1;;+1. The first-order valence-corrected chi connectivity index (χ1v) is 12.2. The number of unbranched alkanes of at least 4 members (excludes halogenated alkanes) is 1. The van der Waals surface area contributed by atoms with E-state index >= 15 is 0 Å². The Labute approximate surface area is 138 Å². The SMILES string of the molecule is Br.CCCC([O][Sn][CH2]CCCC(C)N)SI. The summed E-state index contributed by atoms with van der Waals surface area (Å²) in [5, 5.41) is 0. The topological polar surface area (TPSA) is 35.2 Å². The van der Waals surface area contributed by atoms with Gasteiger partial charge in [-0.3, -0.25) is 0 Å². The molecule has 2 N–H and O–H groups in total. The van der Waals surface area contributed by atoms with Crippen molar-refractivity contribution in [3.05, 3.63) is 0 Å². The van der Waals surface area contributed by atoms with Gasteiger partial charge >= 0.3 is 122 Å². The molecule has 0 aromatic rings. The van der Waals surface area contributed by atoms with Crippen molar-refractivity contribution < 1.29 is 3.07 Å². The molecule has 6 heteroatoms. The molecule has 16 heavy (non-hydrogen) atoms. The quantitative estimate of drug-likeness (QED) is 0.197. The van der Waals surface area contributed by atoms with Crippen LogP contribution >= 0.6 is 47.1 Å². The summed E-state index contributed by atoms with van der Waals surface area (Å²) in [6.07, 6.45) is 6.19. The van der Waals surface area contributed by atoms with E-state index in [1.54, 1.807) is 0 Å². The Morgan fingerprint density at radius 3 is 2.56 bits per heavy atom. The van der Waals surface area contributed by atoms with Crippen molar-refractivity contribution in [1.82, 2.24) is 0 Å². The van der Waals surface area contributed by atoms with E-state index < -0.39 is 21.6 Å². The van der Waals surface area contributed by atoms with Gasteiger partial charge < -0.3 is 0 Å². The van der Waals surface area contributed by atoms with E-state index in [1.165, 1.54) is 36.5 Å². The first-order chi connectivity index (χ1) is 7.20. The molecule has 0 saturated carbocycles. The Morgan fingerprint density at radius 2 is 2.06 bits per heavy atom. The van der Waals surface area contributed by atoms with Crippen LogP contribution in [0.15, 0.2) is 0 Å². The zero-order valence-corrected chi connectivity index (χ0v) is 17.6. The van der Waals surface area contributed by atoms with Gasteiger partial charge in [-0.1, -0.05) is 0 Å². The van der Waals surface area contributed by atoms with Gasteiger partial charge in [0.05, 0.1) is 0 Å². The first kappa shape index (κ1) is 20.6. The molecule has 0 heterocycles. The van der Waals surface area contributed by atoms with Gasteiger partial charge in [-0.05, 0) is 0 Å². The monoisotopic (exact) mass is 531 g/mol. The minimum absolute atomic E-state index is 0. The number of nitrogens with two attached hydrogens (primary N) is 1. The van der Waals surface area contributed by atoms with Crippen molar-refractivity contribution in [1.29, 1.82) is 0 Å². The van der Waals surface area contributed by atoms with E-state index in [9.17, 15) is 0 Å². The molecule has 0 aromatic heterocycles. The van der Waals surface area contributed by atoms with Crippen LogP contribution < -0.4 is 5.73 Å². The molecule has 0 aliphatic rings. The van der Waals surface area contributed by atoms with Gasteiger partial charge in [0, 0.05) is 0 Å². The van der Waals surface area contributed by atoms with Gasteiger partial charge in [-0.2, -0.15) is 0 Å². The maximum atomic E-state index is 5.93. The number of halogens is 2. The predicted molar refractivity (Wildman–Crippen MR) is 89.8 cm³/mol. The molecule has 2 radical (unpaired) electrons. The summed E-state index contributed by atoms with van der Waals surface area (Å²) in [7, 11) is 1.83. The van der Waals surface area contributed by atoms with Gasteiger partial charge in [0.25, 0.3) is 0 Å². The summed E-state index contributed by atoms with van der Waals surface area (Å²) < 4.78 is 7.27. The van der Waals surface area contributed by atoms with Crippen LogP contribution in [0.1, 0.15) is 46.0 Å². The summed E-state index contributed by atoms with van der Waals surface area (Å²) in [5.41, 5.74) is 6.16. The molecule has 2 nitrogen and oxygen atoms in total. The second-order valence-electron chi connectivity index (χ2n) is 3.79. The van der Waals surface area contributed by atoms with E-state index in [1.807, 2.05) is 8.93 Å². The molecule has 0 bridgehead atoms. The zero-order chi connectivity index (χ0) is 11.5. The van der Waals surface area contributed by atoms with Gasteiger partial charge in [0.1, 0.15) is 0 Å². The molecule has 0 aromatic carbocycles. The van der Waals surface area contributed by atoms with Crippen molar-refractivity contribution in [2.24, 2.45) is 5.73 Å². The Kier molecular flexibility index (Phi) is 19.7. The number of hydrogen-bond donors (Lipinski definition) is 1. The summed E-state index contributed by atoms with van der Waals surface area (Å²) >= 11 is 1.81. The van der Waals surface area contributed by atoms with Crippen LogP contribution in [0.2, 0.25) is 4.44 Å². The van der Waals surface area contributed by atoms with Gasteiger partial charge in [0.2, 0.25) is 0 Å². The summed E-state index contributed by atoms with van der Waals surface area (Å²) in [6.45, 7) is 4.30.